The standard InChI is InChI=1S/C5H11NO2.C2H2/c1-3(2)4(6)5(7)8;1-2/h3-4H,6H2,1-2H3,(H,7,8);1-2H/t4-;/m0./s1. The summed E-state index contributed by atoms with van der Waals surface area (Å²) >= 11 is 0. The molecule has 0 fully saturated rings. The minimum absolute atomic E-state index is 0.0208. The molecule has 0 aromatic carbocycles. The molecule has 0 heterocycles. The van der Waals surface area contributed by atoms with E-state index in [-0.39, 0.29) is 5.92 Å². The summed E-state index contributed by atoms with van der Waals surface area (Å²) in [5.74, 6) is -0.910. The highest BCUT2D eigenvalue weighted by Gasteiger charge is 2.14. The summed E-state index contributed by atoms with van der Waals surface area (Å²) in [6, 6.07) is -0.713. The summed E-state index contributed by atoms with van der Waals surface area (Å²) < 4.78 is 0. The molecule has 3 heteroatoms. The molecule has 0 rings (SSSR count). The van der Waals surface area contributed by atoms with Crippen LogP contribution in [0.25, 0.3) is 0 Å². The smallest absolute Gasteiger partial charge is 0.320 e. The van der Waals surface area contributed by atoms with Gasteiger partial charge in [0, 0.05) is 0 Å². The monoisotopic (exact) mass is 143 g/mol. The third kappa shape index (κ3) is 5.13. The van der Waals surface area contributed by atoms with Gasteiger partial charge in [0.05, 0.1) is 0 Å². The van der Waals surface area contributed by atoms with Crippen LogP contribution >= 0.6 is 0 Å². The largest absolute Gasteiger partial charge is 0.480 e. The molecule has 0 unspecified atom stereocenters. The molecule has 58 valence electrons. The fraction of sp³-hybridized carbons (Fsp3) is 0.571. The maximum Gasteiger partial charge on any atom is 0.320 e. The molecule has 0 saturated heterocycles. The highest BCUT2D eigenvalue weighted by Crippen LogP contribution is 1.96. The highest BCUT2D eigenvalue weighted by molar-refractivity contribution is 5.73. The number of hydrogen-bond donors (Lipinski definition) is 2. The molecule has 0 saturated carbocycles. The van der Waals surface area contributed by atoms with Gasteiger partial charge in [0.1, 0.15) is 6.04 Å². The summed E-state index contributed by atoms with van der Waals surface area (Å²) in [5.41, 5.74) is 5.16. The van der Waals surface area contributed by atoms with Crippen molar-refractivity contribution < 1.29 is 9.90 Å². The molecule has 0 aromatic heterocycles. The zero-order valence-electron chi connectivity index (χ0n) is 6.24. The number of nitrogens with two attached hydrogens (primary N) is 1. The number of aliphatic carboxylic acids is 1. The number of carbonyl (C=O) groups is 1. The Bertz CT molecular complexity index is 118. The second kappa shape index (κ2) is 6.12. The van der Waals surface area contributed by atoms with Crippen molar-refractivity contribution in [3.63, 3.8) is 0 Å². The van der Waals surface area contributed by atoms with Gasteiger partial charge in [-0.1, -0.05) is 13.8 Å². The quantitative estimate of drug-likeness (QED) is 0.546. The third-order valence-electron chi connectivity index (χ3n) is 1.00. The van der Waals surface area contributed by atoms with Gasteiger partial charge in [-0.2, -0.15) is 0 Å². The van der Waals surface area contributed by atoms with E-state index in [1.165, 1.54) is 0 Å². The minimum Gasteiger partial charge on any atom is -0.480 e. The normalized spacial score (nSPS) is 11.4. The molecule has 0 aliphatic carbocycles. The van der Waals surface area contributed by atoms with E-state index in [2.05, 4.69) is 12.8 Å². The Labute approximate surface area is 61.2 Å². The molecule has 0 aliphatic heterocycles. The van der Waals surface area contributed by atoms with Crippen LogP contribution in [0.3, 0.4) is 0 Å². The van der Waals surface area contributed by atoms with E-state index in [9.17, 15) is 4.79 Å². The van der Waals surface area contributed by atoms with E-state index in [0.717, 1.165) is 0 Å². The van der Waals surface area contributed by atoms with Crippen molar-refractivity contribution in [2.45, 2.75) is 19.9 Å². The average Bonchev–Trinajstić information content (AvgIpc) is 1.90. The van der Waals surface area contributed by atoms with Gasteiger partial charge < -0.3 is 10.8 Å². The summed E-state index contributed by atoms with van der Waals surface area (Å²) in [5, 5.41) is 8.23. The molecule has 1 atom stereocenters. The Morgan fingerprint density at radius 3 is 1.80 bits per heavy atom. The number of terminal acetylenes is 1. The SMILES string of the molecule is C#C.CC(C)[C@H](N)C(=O)O. The summed E-state index contributed by atoms with van der Waals surface area (Å²) in [7, 11) is 0. The van der Waals surface area contributed by atoms with Crippen LogP contribution in [-0.4, -0.2) is 17.1 Å². The van der Waals surface area contributed by atoms with Crippen LogP contribution in [0.2, 0.25) is 0 Å². The predicted octanol–water partition coefficient (Wildman–Crippen LogP) is 0.304. The minimum atomic E-state index is -0.931. The van der Waals surface area contributed by atoms with Crippen LogP contribution in [0.5, 0.6) is 0 Å². The van der Waals surface area contributed by atoms with Crippen LogP contribution < -0.4 is 5.73 Å². The first-order valence-electron chi connectivity index (χ1n) is 2.87. The van der Waals surface area contributed by atoms with E-state index in [0.29, 0.717) is 0 Å². The number of rotatable bonds is 2. The number of carboxylic acids is 1. The van der Waals surface area contributed by atoms with E-state index in [1.54, 1.807) is 13.8 Å². The fourth-order valence-corrected chi connectivity index (χ4v) is 0.285. The van der Waals surface area contributed by atoms with E-state index >= 15 is 0 Å². The van der Waals surface area contributed by atoms with Gasteiger partial charge in [-0.15, -0.1) is 12.8 Å². The van der Waals surface area contributed by atoms with Crippen molar-refractivity contribution in [3.05, 3.63) is 0 Å². The van der Waals surface area contributed by atoms with Crippen LogP contribution in [-0.2, 0) is 4.79 Å². The lowest BCUT2D eigenvalue weighted by atomic mass is 10.1. The zero-order chi connectivity index (χ0) is 8.73. The Balaban J connectivity index is 0. The molecule has 0 amide bonds. The van der Waals surface area contributed by atoms with Crippen LogP contribution in [0, 0.1) is 18.8 Å². The second-order valence-corrected chi connectivity index (χ2v) is 2.11. The summed E-state index contributed by atoms with van der Waals surface area (Å²) in [6.07, 6.45) is 8.00. The molecule has 0 aliphatic rings. The molecular formula is C7H13NO2. The number of carboxylic acid groups (broad SMARTS) is 1. The molecule has 0 aromatic rings. The van der Waals surface area contributed by atoms with E-state index in [4.69, 9.17) is 10.8 Å². The molecule has 3 nitrogen and oxygen atoms in total. The van der Waals surface area contributed by atoms with Crippen molar-refractivity contribution in [3.8, 4) is 12.8 Å². The Kier molecular flexibility index (Phi) is 7.18. The van der Waals surface area contributed by atoms with Crippen LogP contribution in [0.1, 0.15) is 13.8 Å². The van der Waals surface area contributed by atoms with Crippen molar-refractivity contribution >= 4 is 5.97 Å². The number of hydrogen-bond acceptors (Lipinski definition) is 2. The molecule has 0 bridgehead atoms. The lowest BCUT2D eigenvalue weighted by molar-refractivity contribution is -0.139. The summed E-state index contributed by atoms with van der Waals surface area (Å²) in [4.78, 5) is 10.0. The van der Waals surface area contributed by atoms with E-state index < -0.39 is 12.0 Å². The van der Waals surface area contributed by atoms with Gasteiger partial charge in [-0.25, -0.2) is 0 Å². The topological polar surface area (TPSA) is 63.3 Å². The van der Waals surface area contributed by atoms with Gasteiger partial charge in [0.25, 0.3) is 0 Å². The van der Waals surface area contributed by atoms with Crippen molar-refractivity contribution in [2.24, 2.45) is 11.7 Å². The van der Waals surface area contributed by atoms with E-state index in [1.807, 2.05) is 0 Å². The van der Waals surface area contributed by atoms with Gasteiger partial charge >= 0.3 is 5.97 Å². The molecule has 3 N–H and O–H groups in total. The lowest BCUT2D eigenvalue weighted by Gasteiger charge is -2.07. The van der Waals surface area contributed by atoms with Crippen molar-refractivity contribution in [1.29, 1.82) is 0 Å². The third-order valence-corrected chi connectivity index (χ3v) is 1.00. The molecular weight excluding hydrogens is 130 g/mol. The van der Waals surface area contributed by atoms with Crippen LogP contribution in [0.15, 0.2) is 0 Å². The molecule has 0 spiro atoms. The van der Waals surface area contributed by atoms with Crippen molar-refractivity contribution in [2.75, 3.05) is 0 Å². The van der Waals surface area contributed by atoms with Gasteiger partial charge in [0.2, 0.25) is 0 Å². The average molecular weight is 143 g/mol. The summed E-state index contributed by atoms with van der Waals surface area (Å²) in [6.45, 7) is 3.55. The Hall–Kier alpha value is -1.01. The Morgan fingerprint density at radius 2 is 1.80 bits per heavy atom. The maximum atomic E-state index is 10.0. The zero-order valence-corrected chi connectivity index (χ0v) is 6.24. The maximum absolute atomic E-state index is 10.0. The predicted molar refractivity (Wildman–Crippen MR) is 40.3 cm³/mol. The van der Waals surface area contributed by atoms with Crippen molar-refractivity contribution in [1.82, 2.24) is 0 Å². The molecule has 10 heavy (non-hydrogen) atoms. The first kappa shape index (κ1) is 11.7. The first-order valence-corrected chi connectivity index (χ1v) is 2.87. The Morgan fingerprint density at radius 1 is 1.50 bits per heavy atom. The second-order valence-electron chi connectivity index (χ2n) is 2.11. The highest BCUT2D eigenvalue weighted by atomic mass is 16.4. The van der Waals surface area contributed by atoms with Gasteiger partial charge in [-0.05, 0) is 5.92 Å². The lowest BCUT2D eigenvalue weighted by Crippen LogP contribution is -2.34. The molecule has 0 radical (unpaired) electrons. The van der Waals surface area contributed by atoms with Gasteiger partial charge in [0.15, 0.2) is 0 Å². The first-order chi connectivity index (χ1) is 4.55. The van der Waals surface area contributed by atoms with Crippen LogP contribution in [0.4, 0.5) is 0 Å². The fourth-order valence-electron chi connectivity index (χ4n) is 0.285. The van der Waals surface area contributed by atoms with Gasteiger partial charge in [-0.3, -0.25) is 4.79 Å².